The van der Waals surface area contributed by atoms with Crippen molar-refractivity contribution in [1.29, 1.82) is 0 Å². The number of carbonyl (C=O) groups excluding carboxylic acids is 2. The lowest BCUT2D eigenvalue weighted by atomic mass is 10.0. The van der Waals surface area contributed by atoms with Gasteiger partial charge in [-0.25, -0.2) is 4.39 Å². The van der Waals surface area contributed by atoms with Crippen LogP contribution in [-0.2, 0) is 9.59 Å². The maximum Gasteiger partial charge on any atom is 0.228 e. The van der Waals surface area contributed by atoms with Crippen molar-refractivity contribution >= 4 is 17.5 Å². The largest absolute Gasteiger partial charge is 0.497 e. The van der Waals surface area contributed by atoms with E-state index in [9.17, 15) is 14.0 Å². The molecule has 2 fully saturated rings. The molecule has 5 nitrogen and oxygen atoms in total. The number of halogens is 1. The number of anilines is 1. The molecule has 2 aliphatic heterocycles. The summed E-state index contributed by atoms with van der Waals surface area (Å²) in [5.41, 5.74) is 1.32. The molecule has 2 saturated heterocycles. The third-order valence-electron chi connectivity index (χ3n) is 5.65. The molecular weight excluding hydrogens is 359 g/mol. The number of ether oxygens (including phenoxy) is 1. The zero-order chi connectivity index (χ0) is 19.7. The fraction of sp³-hybridized carbons (Fsp3) is 0.364. The minimum absolute atomic E-state index is 0.0102. The molecule has 0 radical (unpaired) electrons. The average molecular weight is 382 g/mol. The summed E-state index contributed by atoms with van der Waals surface area (Å²) in [7, 11) is 1.62. The van der Waals surface area contributed by atoms with Crippen LogP contribution in [0.5, 0.6) is 5.75 Å². The topological polar surface area (TPSA) is 49.9 Å². The Bertz CT molecular complexity index is 884. The minimum Gasteiger partial charge on any atom is -0.497 e. The lowest BCUT2D eigenvalue weighted by molar-refractivity contribution is -0.136. The summed E-state index contributed by atoms with van der Waals surface area (Å²) >= 11 is 0. The first kappa shape index (κ1) is 18.5. The molecule has 146 valence electrons. The van der Waals surface area contributed by atoms with E-state index in [1.807, 2.05) is 29.2 Å². The van der Waals surface area contributed by atoms with Gasteiger partial charge in [0.25, 0.3) is 0 Å². The molecule has 28 heavy (non-hydrogen) atoms. The smallest absolute Gasteiger partial charge is 0.228 e. The summed E-state index contributed by atoms with van der Waals surface area (Å²) in [6, 6.07) is 14.0. The van der Waals surface area contributed by atoms with Gasteiger partial charge in [0.05, 0.1) is 24.8 Å². The quantitative estimate of drug-likeness (QED) is 0.813. The van der Waals surface area contributed by atoms with Crippen molar-refractivity contribution in [2.24, 2.45) is 5.92 Å². The van der Waals surface area contributed by atoms with Gasteiger partial charge in [-0.15, -0.1) is 0 Å². The number of rotatable bonds is 4. The van der Waals surface area contributed by atoms with Gasteiger partial charge in [-0.3, -0.25) is 9.59 Å². The van der Waals surface area contributed by atoms with E-state index in [0.29, 0.717) is 6.54 Å². The number of hydrogen-bond donors (Lipinski definition) is 0. The molecule has 4 rings (SSSR count). The van der Waals surface area contributed by atoms with Crippen molar-refractivity contribution in [3.63, 3.8) is 0 Å². The van der Waals surface area contributed by atoms with E-state index in [1.54, 1.807) is 25.3 Å². The van der Waals surface area contributed by atoms with Crippen LogP contribution >= 0.6 is 0 Å². The summed E-state index contributed by atoms with van der Waals surface area (Å²) in [6.45, 7) is 0.907. The van der Waals surface area contributed by atoms with Crippen LogP contribution in [0.4, 0.5) is 10.1 Å². The van der Waals surface area contributed by atoms with Gasteiger partial charge in [-0.1, -0.05) is 24.3 Å². The van der Waals surface area contributed by atoms with E-state index in [1.165, 1.54) is 11.0 Å². The molecule has 0 spiro atoms. The summed E-state index contributed by atoms with van der Waals surface area (Å²) in [5, 5.41) is 0. The SMILES string of the molecule is COc1ccc([C@@H]2CCCN2C(=O)[C@H]2CC(=O)N(c3ccccc3F)C2)cc1. The third-order valence-corrected chi connectivity index (χ3v) is 5.65. The van der Waals surface area contributed by atoms with Crippen LogP contribution in [0.2, 0.25) is 0 Å². The summed E-state index contributed by atoms with van der Waals surface area (Å²) in [6.07, 6.45) is 1.95. The Balaban J connectivity index is 1.50. The van der Waals surface area contributed by atoms with Gasteiger partial charge < -0.3 is 14.5 Å². The lowest BCUT2D eigenvalue weighted by Gasteiger charge is -2.28. The summed E-state index contributed by atoms with van der Waals surface area (Å²) in [4.78, 5) is 28.9. The highest BCUT2D eigenvalue weighted by Crippen LogP contribution is 2.36. The van der Waals surface area contributed by atoms with E-state index in [-0.39, 0.29) is 36.5 Å². The van der Waals surface area contributed by atoms with Crippen molar-refractivity contribution < 1.29 is 18.7 Å². The maximum absolute atomic E-state index is 14.1. The van der Waals surface area contributed by atoms with Crippen molar-refractivity contribution in [3.05, 3.63) is 59.9 Å². The zero-order valence-electron chi connectivity index (χ0n) is 15.8. The molecule has 2 amide bonds. The molecular formula is C22H23FN2O3. The van der Waals surface area contributed by atoms with E-state index >= 15 is 0 Å². The number of nitrogens with zero attached hydrogens (tertiary/aromatic N) is 2. The average Bonchev–Trinajstić information content (AvgIpc) is 3.35. The Kier molecular flexibility index (Phi) is 5.03. The first-order chi connectivity index (χ1) is 13.6. The molecule has 0 aromatic heterocycles. The molecule has 0 saturated carbocycles. The molecule has 0 N–H and O–H groups in total. The Morgan fingerprint density at radius 2 is 1.89 bits per heavy atom. The number of carbonyl (C=O) groups is 2. The Labute approximate surface area is 163 Å². The minimum atomic E-state index is -0.443. The molecule has 2 aliphatic rings. The highest BCUT2D eigenvalue weighted by Gasteiger charge is 2.41. The third kappa shape index (κ3) is 3.35. The Morgan fingerprint density at radius 1 is 1.14 bits per heavy atom. The predicted octanol–water partition coefficient (Wildman–Crippen LogP) is 3.55. The standard InChI is InChI=1S/C22H23FN2O3/c1-28-17-10-8-15(9-11-17)19-7-4-12-24(19)22(27)16-13-21(26)25(14-16)20-6-3-2-5-18(20)23/h2-3,5-6,8-11,16,19H,4,7,12-14H2,1H3/t16-,19-/m0/s1. The molecule has 6 heteroatoms. The van der Waals surface area contributed by atoms with Gasteiger partial charge >= 0.3 is 0 Å². The van der Waals surface area contributed by atoms with Gasteiger partial charge in [0.2, 0.25) is 11.8 Å². The van der Waals surface area contributed by atoms with Crippen LogP contribution in [0, 0.1) is 11.7 Å². The fourth-order valence-corrected chi connectivity index (χ4v) is 4.21. The number of methoxy groups -OCH3 is 1. The van der Waals surface area contributed by atoms with Gasteiger partial charge in [-0.2, -0.15) is 0 Å². The predicted molar refractivity (Wildman–Crippen MR) is 104 cm³/mol. The second-order valence-corrected chi connectivity index (χ2v) is 7.32. The maximum atomic E-state index is 14.1. The van der Waals surface area contributed by atoms with Gasteiger partial charge in [0, 0.05) is 19.5 Å². The van der Waals surface area contributed by atoms with Gasteiger partial charge in [-0.05, 0) is 42.7 Å². The van der Waals surface area contributed by atoms with E-state index < -0.39 is 11.7 Å². The van der Waals surface area contributed by atoms with Crippen LogP contribution < -0.4 is 9.64 Å². The fourth-order valence-electron chi connectivity index (χ4n) is 4.21. The number of likely N-dealkylation sites (tertiary alicyclic amines) is 1. The first-order valence-electron chi connectivity index (χ1n) is 9.58. The monoisotopic (exact) mass is 382 g/mol. The van der Waals surface area contributed by atoms with E-state index in [4.69, 9.17) is 4.74 Å². The molecule has 2 heterocycles. The molecule has 2 aromatic carbocycles. The Morgan fingerprint density at radius 3 is 2.61 bits per heavy atom. The number of benzene rings is 2. The van der Waals surface area contributed by atoms with Crippen molar-refractivity contribution in [1.82, 2.24) is 4.90 Å². The first-order valence-corrected chi connectivity index (χ1v) is 9.58. The molecule has 2 atom stereocenters. The molecule has 2 aromatic rings. The highest BCUT2D eigenvalue weighted by molar-refractivity contribution is 6.00. The second-order valence-electron chi connectivity index (χ2n) is 7.32. The van der Waals surface area contributed by atoms with Crippen LogP contribution in [0.15, 0.2) is 48.5 Å². The molecule has 0 aliphatic carbocycles. The lowest BCUT2D eigenvalue weighted by Crippen LogP contribution is -2.37. The van der Waals surface area contributed by atoms with E-state index in [0.717, 1.165) is 24.2 Å². The Hall–Kier alpha value is -2.89. The number of para-hydroxylation sites is 1. The van der Waals surface area contributed by atoms with Crippen molar-refractivity contribution in [2.75, 3.05) is 25.1 Å². The van der Waals surface area contributed by atoms with Crippen LogP contribution in [0.25, 0.3) is 0 Å². The van der Waals surface area contributed by atoms with Crippen LogP contribution in [0.3, 0.4) is 0 Å². The zero-order valence-corrected chi connectivity index (χ0v) is 15.8. The normalized spacial score (nSPS) is 22.0. The van der Waals surface area contributed by atoms with E-state index in [2.05, 4.69) is 0 Å². The second kappa shape index (κ2) is 7.62. The van der Waals surface area contributed by atoms with Gasteiger partial charge in [0.15, 0.2) is 0 Å². The molecule has 0 bridgehead atoms. The number of hydrogen-bond acceptors (Lipinski definition) is 3. The summed E-state index contributed by atoms with van der Waals surface area (Å²) < 4.78 is 19.3. The van der Waals surface area contributed by atoms with Crippen LogP contribution in [-0.4, -0.2) is 36.9 Å². The molecule has 0 unspecified atom stereocenters. The van der Waals surface area contributed by atoms with Crippen molar-refractivity contribution in [3.8, 4) is 5.75 Å². The van der Waals surface area contributed by atoms with Crippen molar-refractivity contribution in [2.45, 2.75) is 25.3 Å². The van der Waals surface area contributed by atoms with Gasteiger partial charge in [0.1, 0.15) is 11.6 Å². The number of amides is 2. The highest BCUT2D eigenvalue weighted by atomic mass is 19.1. The van der Waals surface area contributed by atoms with Crippen LogP contribution in [0.1, 0.15) is 30.9 Å². The summed E-state index contributed by atoms with van der Waals surface area (Å²) in [5.74, 6) is -0.331.